The van der Waals surface area contributed by atoms with Crippen LogP contribution in [0.15, 0.2) is 40.8 Å². The van der Waals surface area contributed by atoms with E-state index in [9.17, 15) is 4.79 Å². The summed E-state index contributed by atoms with van der Waals surface area (Å²) in [5, 5.41) is 1.04. The molecule has 2 aromatic rings. The highest BCUT2D eigenvalue weighted by Crippen LogP contribution is 2.36. The molecular weight excluding hydrogens is 300 g/mol. The molecule has 0 N–H and O–H groups in total. The number of para-hydroxylation sites is 1. The minimum absolute atomic E-state index is 0.294. The Bertz CT molecular complexity index is 764. The monoisotopic (exact) mass is 324 g/mol. The number of hydrogen-bond donors (Lipinski definition) is 0. The summed E-state index contributed by atoms with van der Waals surface area (Å²) in [5.41, 5.74) is 3.08. The van der Waals surface area contributed by atoms with Crippen molar-refractivity contribution in [3.05, 3.63) is 47.7 Å². The number of carbonyl (C=O) groups excluding carboxylic acids is 1. The van der Waals surface area contributed by atoms with Gasteiger partial charge in [-0.2, -0.15) is 0 Å². The number of carbonyl (C=O) groups is 1. The molecule has 3 heteroatoms. The molecule has 0 aliphatic heterocycles. The van der Waals surface area contributed by atoms with E-state index in [1.165, 1.54) is 24.5 Å². The van der Waals surface area contributed by atoms with Gasteiger partial charge in [-0.15, -0.1) is 0 Å². The Morgan fingerprint density at radius 1 is 1.29 bits per heavy atom. The number of fused-ring (bicyclic) bond motifs is 1. The first-order valence-corrected chi connectivity index (χ1v) is 8.85. The molecule has 0 fully saturated rings. The SMILES string of the molecule is CCCCOC(=O)/C=C/c1c(C2=CCCCC2)oc2ccccc12. The van der Waals surface area contributed by atoms with Crippen LogP contribution in [0.25, 0.3) is 22.6 Å². The third-order valence-corrected chi connectivity index (χ3v) is 4.34. The molecule has 1 aromatic carbocycles. The lowest BCUT2D eigenvalue weighted by molar-refractivity contribution is -0.137. The fourth-order valence-electron chi connectivity index (χ4n) is 3.03. The van der Waals surface area contributed by atoms with Gasteiger partial charge in [0.1, 0.15) is 11.3 Å². The average Bonchev–Trinajstić information content (AvgIpc) is 2.99. The molecule has 0 saturated heterocycles. The van der Waals surface area contributed by atoms with E-state index in [-0.39, 0.29) is 5.97 Å². The van der Waals surface area contributed by atoms with Crippen LogP contribution in [0, 0.1) is 0 Å². The first-order chi connectivity index (χ1) is 11.8. The first-order valence-electron chi connectivity index (χ1n) is 8.85. The summed E-state index contributed by atoms with van der Waals surface area (Å²) in [7, 11) is 0. The molecule has 24 heavy (non-hydrogen) atoms. The molecule has 1 heterocycles. The molecule has 1 aromatic heterocycles. The van der Waals surface area contributed by atoms with Gasteiger partial charge in [0, 0.05) is 17.0 Å². The normalized spacial score (nSPS) is 15.0. The fourth-order valence-corrected chi connectivity index (χ4v) is 3.03. The third kappa shape index (κ3) is 3.78. The van der Waals surface area contributed by atoms with Crippen LogP contribution in [0.1, 0.15) is 56.8 Å². The molecular formula is C21H24O3. The van der Waals surface area contributed by atoms with Gasteiger partial charge in [0.2, 0.25) is 0 Å². The summed E-state index contributed by atoms with van der Waals surface area (Å²) in [6, 6.07) is 7.97. The molecule has 0 atom stereocenters. The molecule has 3 nitrogen and oxygen atoms in total. The van der Waals surface area contributed by atoms with Crippen LogP contribution in [-0.4, -0.2) is 12.6 Å². The molecule has 1 aliphatic rings. The molecule has 0 bridgehead atoms. The molecule has 126 valence electrons. The van der Waals surface area contributed by atoms with Gasteiger partial charge < -0.3 is 9.15 Å². The van der Waals surface area contributed by atoms with Crippen molar-refractivity contribution < 1.29 is 13.9 Å². The zero-order chi connectivity index (χ0) is 16.8. The van der Waals surface area contributed by atoms with Gasteiger partial charge in [0.05, 0.1) is 6.61 Å². The third-order valence-electron chi connectivity index (χ3n) is 4.34. The van der Waals surface area contributed by atoms with Crippen molar-refractivity contribution in [2.45, 2.75) is 45.4 Å². The molecule has 0 amide bonds. The lowest BCUT2D eigenvalue weighted by Gasteiger charge is -2.11. The van der Waals surface area contributed by atoms with Crippen LogP contribution in [0.5, 0.6) is 0 Å². The van der Waals surface area contributed by atoms with Crippen molar-refractivity contribution in [3.63, 3.8) is 0 Å². The summed E-state index contributed by atoms with van der Waals surface area (Å²) in [5.74, 6) is 0.603. The van der Waals surface area contributed by atoms with Crippen molar-refractivity contribution in [1.82, 2.24) is 0 Å². The van der Waals surface area contributed by atoms with Gasteiger partial charge in [-0.25, -0.2) is 4.79 Å². The minimum Gasteiger partial charge on any atom is -0.463 e. The standard InChI is InChI=1S/C21H24O3/c1-2-3-15-23-20(22)14-13-18-17-11-7-8-12-19(17)24-21(18)16-9-5-4-6-10-16/h7-9,11-14H,2-6,10,15H2,1H3/b14-13+. The largest absolute Gasteiger partial charge is 0.463 e. The summed E-state index contributed by atoms with van der Waals surface area (Å²) in [6.45, 7) is 2.55. The second-order valence-electron chi connectivity index (χ2n) is 6.17. The molecule has 0 spiro atoms. The van der Waals surface area contributed by atoms with Crippen LogP contribution >= 0.6 is 0 Å². The highest BCUT2D eigenvalue weighted by Gasteiger charge is 2.17. The molecule has 0 radical (unpaired) electrons. The maximum absolute atomic E-state index is 11.9. The van der Waals surface area contributed by atoms with Crippen LogP contribution in [0.2, 0.25) is 0 Å². The predicted molar refractivity (Wildman–Crippen MR) is 97.6 cm³/mol. The van der Waals surface area contributed by atoms with Crippen LogP contribution < -0.4 is 0 Å². The number of benzene rings is 1. The topological polar surface area (TPSA) is 39.4 Å². The van der Waals surface area contributed by atoms with Crippen molar-refractivity contribution >= 4 is 28.6 Å². The van der Waals surface area contributed by atoms with E-state index in [1.807, 2.05) is 30.3 Å². The van der Waals surface area contributed by atoms with E-state index in [4.69, 9.17) is 9.15 Å². The van der Waals surface area contributed by atoms with Gasteiger partial charge >= 0.3 is 5.97 Å². The van der Waals surface area contributed by atoms with E-state index >= 15 is 0 Å². The Morgan fingerprint density at radius 3 is 2.96 bits per heavy atom. The van der Waals surface area contributed by atoms with Crippen LogP contribution in [0.3, 0.4) is 0 Å². The van der Waals surface area contributed by atoms with Crippen molar-refractivity contribution in [2.24, 2.45) is 0 Å². The van der Waals surface area contributed by atoms with E-state index in [2.05, 4.69) is 13.0 Å². The van der Waals surface area contributed by atoms with Gasteiger partial charge in [0.25, 0.3) is 0 Å². The van der Waals surface area contributed by atoms with E-state index in [0.717, 1.165) is 48.0 Å². The fraction of sp³-hybridized carbons (Fsp3) is 0.381. The average molecular weight is 324 g/mol. The van der Waals surface area contributed by atoms with Crippen LogP contribution in [0.4, 0.5) is 0 Å². The number of hydrogen-bond acceptors (Lipinski definition) is 3. The number of esters is 1. The van der Waals surface area contributed by atoms with E-state index in [1.54, 1.807) is 0 Å². The highest BCUT2D eigenvalue weighted by molar-refractivity contribution is 5.96. The Hall–Kier alpha value is -2.29. The Balaban J connectivity index is 1.90. The zero-order valence-corrected chi connectivity index (χ0v) is 14.2. The minimum atomic E-state index is -0.294. The van der Waals surface area contributed by atoms with Gasteiger partial charge in [-0.3, -0.25) is 0 Å². The summed E-state index contributed by atoms with van der Waals surface area (Å²) < 4.78 is 11.3. The molecule has 3 rings (SSSR count). The maximum Gasteiger partial charge on any atom is 0.330 e. The van der Waals surface area contributed by atoms with Crippen LogP contribution in [-0.2, 0) is 9.53 Å². The van der Waals surface area contributed by atoms with E-state index < -0.39 is 0 Å². The molecule has 0 unspecified atom stereocenters. The maximum atomic E-state index is 11.9. The van der Waals surface area contributed by atoms with Crippen molar-refractivity contribution in [1.29, 1.82) is 0 Å². The Morgan fingerprint density at radius 2 is 2.17 bits per heavy atom. The van der Waals surface area contributed by atoms with E-state index in [0.29, 0.717) is 6.61 Å². The quantitative estimate of drug-likeness (QED) is 0.386. The smallest absolute Gasteiger partial charge is 0.330 e. The summed E-state index contributed by atoms with van der Waals surface area (Å²) in [6.07, 6.45) is 12.1. The predicted octanol–water partition coefficient (Wildman–Crippen LogP) is 5.75. The van der Waals surface area contributed by atoms with Crippen molar-refractivity contribution in [2.75, 3.05) is 6.61 Å². The second-order valence-corrected chi connectivity index (χ2v) is 6.17. The molecule has 1 aliphatic carbocycles. The Labute approximate surface area is 143 Å². The number of allylic oxidation sites excluding steroid dienone is 2. The number of furan rings is 1. The van der Waals surface area contributed by atoms with Gasteiger partial charge in [-0.05, 0) is 49.8 Å². The lowest BCUT2D eigenvalue weighted by Crippen LogP contribution is -2.01. The van der Waals surface area contributed by atoms with Gasteiger partial charge in [-0.1, -0.05) is 37.6 Å². The second kappa shape index (κ2) is 8.00. The lowest BCUT2D eigenvalue weighted by atomic mass is 9.95. The highest BCUT2D eigenvalue weighted by atomic mass is 16.5. The number of rotatable bonds is 6. The number of unbranched alkanes of at least 4 members (excludes halogenated alkanes) is 1. The number of ether oxygens (including phenoxy) is 1. The Kier molecular flexibility index (Phi) is 5.52. The zero-order valence-electron chi connectivity index (χ0n) is 14.2. The molecule has 0 saturated carbocycles. The van der Waals surface area contributed by atoms with Crippen molar-refractivity contribution in [3.8, 4) is 0 Å². The summed E-state index contributed by atoms with van der Waals surface area (Å²) in [4.78, 5) is 11.9. The first kappa shape index (κ1) is 16.6. The summed E-state index contributed by atoms with van der Waals surface area (Å²) >= 11 is 0. The van der Waals surface area contributed by atoms with Gasteiger partial charge in [0.15, 0.2) is 0 Å².